The van der Waals surface area contributed by atoms with Crippen molar-refractivity contribution >= 4 is 15.9 Å². The van der Waals surface area contributed by atoms with Crippen LogP contribution in [0, 0.1) is 17.6 Å². The maximum absolute atomic E-state index is 14.0. The minimum absolute atomic E-state index is 0.0647. The molecular weight excluding hydrogens is 438 g/mol. The predicted octanol–water partition coefficient (Wildman–Crippen LogP) is 3.07. The van der Waals surface area contributed by atoms with E-state index in [2.05, 4.69) is 15.5 Å². The van der Waals surface area contributed by atoms with Gasteiger partial charge in [0.15, 0.2) is 0 Å². The number of sulfonamides is 1. The van der Waals surface area contributed by atoms with Gasteiger partial charge in [0, 0.05) is 31.7 Å². The average Bonchev–Trinajstić information content (AvgIpc) is 3.34. The van der Waals surface area contributed by atoms with Crippen molar-refractivity contribution in [3.05, 3.63) is 71.9 Å². The summed E-state index contributed by atoms with van der Waals surface area (Å²) in [4.78, 5) is 11.9. The second kappa shape index (κ2) is 9.17. The summed E-state index contributed by atoms with van der Waals surface area (Å²) in [6.45, 7) is 0.486. The highest BCUT2D eigenvalue weighted by molar-refractivity contribution is 7.89. The van der Waals surface area contributed by atoms with Crippen LogP contribution in [0.3, 0.4) is 0 Å². The molecule has 1 fully saturated rings. The Bertz CT molecular complexity index is 1190. The van der Waals surface area contributed by atoms with Gasteiger partial charge in [-0.15, -0.1) is 0 Å². The number of nitrogens with one attached hydrogen (secondary N) is 2. The highest BCUT2D eigenvalue weighted by atomic mass is 32.2. The van der Waals surface area contributed by atoms with Crippen LogP contribution in [0.4, 0.5) is 8.78 Å². The van der Waals surface area contributed by atoms with Crippen molar-refractivity contribution in [2.24, 2.45) is 5.92 Å². The fourth-order valence-electron chi connectivity index (χ4n) is 3.72. The molecule has 1 amide bonds. The molecule has 1 aromatic heterocycles. The molecule has 10 heteroatoms. The number of aromatic nitrogens is 2. The average molecular weight is 461 g/mol. The van der Waals surface area contributed by atoms with Crippen LogP contribution < -0.4 is 5.32 Å². The van der Waals surface area contributed by atoms with Gasteiger partial charge in [-0.1, -0.05) is 24.3 Å². The number of piperidine rings is 1. The maximum Gasteiger partial charge on any atom is 0.246 e. The van der Waals surface area contributed by atoms with Crippen LogP contribution in [0.15, 0.2) is 59.6 Å². The Hall–Kier alpha value is -3.11. The first kappa shape index (κ1) is 22.1. The zero-order valence-electron chi connectivity index (χ0n) is 17.1. The molecule has 2 N–H and O–H groups in total. The van der Waals surface area contributed by atoms with Crippen molar-refractivity contribution in [3.8, 4) is 11.3 Å². The van der Waals surface area contributed by atoms with Gasteiger partial charge >= 0.3 is 0 Å². The number of hydrogen-bond acceptors (Lipinski definition) is 4. The Kier molecular flexibility index (Phi) is 6.33. The number of rotatable bonds is 6. The minimum Gasteiger partial charge on any atom is -0.352 e. The molecule has 1 saturated heterocycles. The zero-order valence-corrected chi connectivity index (χ0v) is 17.9. The predicted molar refractivity (Wildman–Crippen MR) is 114 cm³/mol. The molecule has 0 bridgehead atoms. The number of amides is 1. The van der Waals surface area contributed by atoms with Crippen molar-refractivity contribution in [2.75, 3.05) is 13.1 Å². The lowest BCUT2D eigenvalue weighted by Gasteiger charge is -2.30. The number of benzene rings is 2. The molecule has 0 saturated carbocycles. The Morgan fingerprint density at radius 3 is 2.47 bits per heavy atom. The van der Waals surface area contributed by atoms with Crippen LogP contribution in [0.2, 0.25) is 0 Å². The van der Waals surface area contributed by atoms with Gasteiger partial charge in [-0.25, -0.2) is 17.2 Å². The van der Waals surface area contributed by atoms with Crippen LogP contribution in [-0.4, -0.2) is 41.9 Å². The van der Waals surface area contributed by atoms with Gasteiger partial charge in [0.2, 0.25) is 15.9 Å². The highest BCUT2D eigenvalue weighted by Gasteiger charge is 2.33. The number of hydrogen-bond donors (Lipinski definition) is 2. The molecule has 0 spiro atoms. The van der Waals surface area contributed by atoms with Crippen molar-refractivity contribution in [2.45, 2.75) is 24.3 Å². The molecule has 3 aromatic rings. The molecule has 4 rings (SSSR count). The topological polar surface area (TPSA) is 95.2 Å². The molecule has 1 aliphatic heterocycles. The Balaban J connectivity index is 1.31. The van der Waals surface area contributed by atoms with E-state index in [1.165, 1.54) is 0 Å². The molecule has 2 heterocycles. The third kappa shape index (κ3) is 4.71. The van der Waals surface area contributed by atoms with E-state index in [-0.39, 0.29) is 24.9 Å². The van der Waals surface area contributed by atoms with Gasteiger partial charge < -0.3 is 5.32 Å². The van der Waals surface area contributed by atoms with E-state index >= 15 is 0 Å². The summed E-state index contributed by atoms with van der Waals surface area (Å²) in [7, 11) is -4.16. The van der Waals surface area contributed by atoms with Gasteiger partial charge in [0.1, 0.15) is 16.5 Å². The third-order valence-corrected chi connectivity index (χ3v) is 7.48. The lowest BCUT2D eigenvalue weighted by molar-refractivity contribution is -0.126. The monoisotopic (exact) mass is 460 g/mol. The number of H-pyrrole nitrogens is 1. The van der Waals surface area contributed by atoms with E-state index in [1.807, 2.05) is 30.3 Å². The zero-order chi connectivity index (χ0) is 22.7. The minimum atomic E-state index is -4.16. The van der Waals surface area contributed by atoms with E-state index < -0.39 is 26.6 Å². The van der Waals surface area contributed by atoms with E-state index in [4.69, 9.17) is 0 Å². The second-order valence-corrected chi connectivity index (χ2v) is 9.54. The largest absolute Gasteiger partial charge is 0.352 e. The van der Waals surface area contributed by atoms with Crippen molar-refractivity contribution in [3.63, 3.8) is 0 Å². The van der Waals surface area contributed by atoms with Crippen LogP contribution in [0.25, 0.3) is 11.3 Å². The van der Waals surface area contributed by atoms with Crippen LogP contribution >= 0.6 is 0 Å². The Morgan fingerprint density at radius 1 is 1.09 bits per heavy atom. The molecule has 7 nitrogen and oxygen atoms in total. The van der Waals surface area contributed by atoms with Crippen molar-refractivity contribution < 1.29 is 22.0 Å². The molecule has 0 atom stereocenters. The Morgan fingerprint density at radius 2 is 1.81 bits per heavy atom. The number of carbonyl (C=O) groups excluding carboxylic acids is 1. The van der Waals surface area contributed by atoms with Crippen LogP contribution in [-0.2, 0) is 21.4 Å². The molecule has 1 aliphatic rings. The van der Waals surface area contributed by atoms with Crippen LogP contribution in [0.5, 0.6) is 0 Å². The van der Waals surface area contributed by atoms with Crippen LogP contribution in [0.1, 0.15) is 18.4 Å². The van der Waals surface area contributed by atoms with E-state index in [1.54, 1.807) is 6.20 Å². The molecule has 32 heavy (non-hydrogen) atoms. The molecule has 0 aliphatic carbocycles. The van der Waals surface area contributed by atoms with Gasteiger partial charge in [0.25, 0.3) is 0 Å². The molecule has 168 valence electrons. The van der Waals surface area contributed by atoms with E-state index in [0.717, 1.165) is 33.3 Å². The number of aromatic amines is 1. The quantitative estimate of drug-likeness (QED) is 0.591. The maximum atomic E-state index is 14.0. The summed E-state index contributed by atoms with van der Waals surface area (Å²) in [5.41, 5.74) is 2.82. The summed E-state index contributed by atoms with van der Waals surface area (Å²) in [6.07, 6.45) is 2.29. The first-order valence-corrected chi connectivity index (χ1v) is 11.6. The van der Waals surface area contributed by atoms with Crippen molar-refractivity contribution in [1.82, 2.24) is 19.8 Å². The molecule has 0 radical (unpaired) electrons. The van der Waals surface area contributed by atoms with Crippen molar-refractivity contribution in [1.29, 1.82) is 0 Å². The van der Waals surface area contributed by atoms with Gasteiger partial charge in [0.05, 0.1) is 5.69 Å². The Labute approximate surface area is 184 Å². The third-order valence-electron chi connectivity index (χ3n) is 5.57. The van der Waals surface area contributed by atoms with Gasteiger partial charge in [-0.3, -0.25) is 9.89 Å². The molecule has 2 aromatic carbocycles. The summed E-state index contributed by atoms with van der Waals surface area (Å²) in [5.74, 6) is -2.32. The number of carbonyl (C=O) groups is 1. The molecular formula is C22H22F2N4O3S. The fourth-order valence-corrected chi connectivity index (χ4v) is 5.27. The van der Waals surface area contributed by atoms with E-state index in [0.29, 0.717) is 25.5 Å². The summed E-state index contributed by atoms with van der Waals surface area (Å²) < 4.78 is 53.8. The summed E-state index contributed by atoms with van der Waals surface area (Å²) >= 11 is 0. The number of halogens is 2. The summed E-state index contributed by atoms with van der Waals surface area (Å²) in [6, 6.07) is 11.9. The first-order valence-electron chi connectivity index (χ1n) is 10.2. The van der Waals surface area contributed by atoms with Gasteiger partial charge in [-0.05, 0) is 48.2 Å². The SMILES string of the molecule is O=C(NCc1ccc(-c2ccn[nH]2)cc1)C1CCN(S(=O)(=O)c2cc(F)ccc2F)CC1. The highest BCUT2D eigenvalue weighted by Crippen LogP contribution is 2.26. The van der Waals surface area contributed by atoms with E-state index in [9.17, 15) is 22.0 Å². The standard InChI is InChI=1S/C22H22F2N4O3S/c23-18-5-6-19(24)21(13-18)32(30,31)28-11-8-17(9-12-28)22(29)25-14-15-1-3-16(4-2-15)20-7-10-26-27-20/h1-7,10,13,17H,8-9,11-12,14H2,(H,25,29)(H,26,27). The fraction of sp³-hybridized carbons (Fsp3) is 0.273. The normalized spacial score (nSPS) is 15.6. The molecule has 0 unspecified atom stereocenters. The van der Waals surface area contributed by atoms with Gasteiger partial charge in [-0.2, -0.15) is 9.40 Å². The lowest BCUT2D eigenvalue weighted by Crippen LogP contribution is -2.43. The summed E-state index contributed by atoms with van der Waals surface area (Å²) in [5, 5.41) is 9.70. The second-order valence-electron chi connectivity index (χ2n) is 7.64. The number of nitrogens with zero attached hydrogens (tertiary/aromatic N) is 2. The lowest BCUT2D eigenvalue weighted by atomic mass is 9.97. The first-order chi connectivity index (χ1) is 15.3. The smallest absolute Gasteiger partial charge is 0.246 e.